The second-order valence-electron chi connectivity index (χ2n) is 8.11. The van der Waals surface area contributed by atoms with Crippen molar-refractivity contribution in [2.75, 3.05) is 56.7 Å². The quantitative estimate of drug-likeness (QED) is 0.163. The number of aromatic nitrogens is 4. The molecule has 0 bridgehead atoms. The van der Waals surface area contributed by atoms with Crippen molar-refractivity contribution in [2.24, 2.45) is 17.0 Å². The number of nitrogens with one attached hydrogen (secondary N) is 3. The van der Waals surface area contributed by atoms with E-state index >= 15 is 0 Å². The Morgan fingerprint density at radius 3 is 2.92 bits per heavy atom. The molecule has 1 fully saturated rings. The summed E-state index contributed by atoms with van der Waals surface area (Å²) in [6.45, 7) is 7.47. The van der Waals surface area contributed by atoms with Gasteiger partial charge >= 0.3 is 0 Å². The summed E-state index contributed by atoms with van der Waals surface area (Å²) in [4.78, 5) is 30.7. The van der Waals surface area contributed by atoms with Crippen LogP contribution in [0.25, 0.3) is 22.3 Å². The topological polar surface area (TPSA) is 125 Å². The van der Waals surface area contributed by atoms with E-state index in [0.29, 0.717) is 49.1 Å². The smallest absolute Gasteiger partial charge is 0.155 e. The van der Waals surface area contributed by atoms with Gasteiger partial charge in [-0.15, -0.1) is 0 Å². The molecule has 2 aromatic heterocycles. The first kappa shape index (κ1) is 24.9. The Kier molecular flexibility index (Phi) is 8.24. The number of carbonyl (C=O) groups excluding carboxylic acids is 1. The van der Waals surface area contributed by atoms with Gasteiger partial charge in [-0.3, -0.25) is 19.5 Å². The third-order valence-corrected chi connectivity index (χ3v) is 5.74. The lowest BCUT2D eigenvalue weighted by Gasteiger charge is -2.28. The summed E-state index contributed by atoms with van der Waals surface area (Å²) in [5.74, 6) is 0.470. The van der Waals surface area contributed by atoms with Gasteiger partial charge < -0.3 is 25.3 Å². The lowest BCUT2D eigenvalue weighted by atomic mass is 10.1. The second-order valence-corrected chi connectivity index (χ2v) is 8.11. The number of rotatable bonds is 11. The number of aryl methyl sites for hydroxylation is 1. The van der Waals surface area contributed by atoms with Crippen LogP contribution in [0.2, 0.25) is 0 Å². The lowest BCUT2D eigenvalue weighted by Crippen LogP contribution is -2.36. The van der Waals surface area contributed by atoms with Crippen molar-refractivity contribution in [3.05, 3.63) is 48.2 Å². The standard InChI is InChI=1S/C25H31N9O2/c1-26-7-4-8-28-9-10-29-23(24-22(27-2)16-33(3)32-24)19(17-35)25-30-20-6-5-18(15-21(20)31-25)34-11-13-36-14-12-34/h4-8,15-17,27,29H,1,9-14H2,2-3H3,(H,30,31)/b7-4-,23-19-,28-8-. The highest BCUT2D eigenvalue weighted by Crippen LogP contribution is 2.28. The molecule has 3 heterocycles. The minimum absolute atomic E-state index is 0.383. The Balaban J connectivity index is 1.69. The number of aldehydes is 1. The fraction of sp³-hybridized carbons (Fsp3) is 0.320. The van der Waals surface area contributed by atoms with E-state index in [4.69, 9.17) is 9.72 Å². The zero-order chi connectivity index (χ0) is 25.3. The van der Waals surface area contributed by atoms with Crippen LogP contribution in [0.1, 0.15) is 11.5 Å². The number of benzene rings is 1. The van der Waals surface area contributed by atoms with Gasteiger partial charge in [0.1, 0.15) is 11.5 Å². The van der Waals surface area contributed by atoms with E-state index in [1.54, 1.807) is 23.2 Å². The average Bonchev–Trinajstić information content (AvgIpc) is 3.50. The highest BCUT2D eigenvalue weighted by molar-refractivity contribution is 6.16. The van der Waals surface area contributed by atoms with Crippen molar-refractivity contribution in [3.63, 3.8) is 0 Å². The number of allylic oxidation sites excluding steroid dienone is 2. The van der Waals surface area contributed by atoms with Crippen LogP contribution in [-0.4, -0.2) is 85.4 Å². The van der Waals surface area contributed by atoms with Gasteiger partial charge in [-0.2, -0.15) is 5.10 Å². The molecular weight excluding hydrogens is 458 g/mol. The van der Waals surface area contributed by atoms with Crippen LogP contribution in [-0.2, 0) is 16.6 Å². The fourth-order valence-electron chi connectivity index (χ4n) is 4.02. The van der Waals surface area contributed by atoms with Crippen molar-refractivity contribution in [1.29, 1.82) is 0 Å². The molecule has 0 atom stereocenters. The van der Waals surface area contributed by atoms with Gasteiger partial charge in [0.25, 0.3) is 0 Å². The Hall–Kier alpha value is -4.25. The monoisotopic (exact) mass is 489 g/mol. The Labute approximate surface area is 209 Å². The van der Waals surface area contributed by atoms with Crippen molar-refractivity contribution < 1.29 is 9.53 Å². The van der Waals surface area contributed by atoms with E-state index in [1.165, 1.54) is 0 Å². The van der Waals surface area contributed by atoms with Gasteiger partial charge in [0, 0.05) is 58.0 Å². The summed E-state index contributed by atoms with van der Waals surface area (Å²) in [5, 5.41) is 11.1. The molecule has 188 valence electrons. The number of hydrogen-bond acceptors (Lipinski definition) is 9. The van der Waals surface area contributed by atoms with Crippen LogP contribution in [0.5, 0.6) is 0 Å². The Bertz CT molecular complexity index is 1300. The Morgan fingerprint density at radius 1 is 1.33 bits per heavy atom. The molecule has 3 N–H and O–H groups in total. The minimum Gasteiger partial charge on any atom is -0.385 e. The normalized spacial score (nSPS) is 15.0. The molecule has 11 heteroatoms. The molecule has 1 saturated heterocycles. The highest BCUT2D eigenvalue weighted by Gasteiger charge is 2.20. The van der Waals surface area contributed by atoms with Crippen molar-refractivity contribution in [3.8, 4) is 0 Å². The van der Waals surface area contributed by atoms with Crippen LogP contribution < -0.4 is 15.5 Å². The van der Waals surface area contributed by atoms with Gasteiger partial charge in [-0.1, -0.05) is 0 Å². The first-order chi connectivity index (χ1) is 17.6. The average molecular weight is 490 g/mol. The zero-order valence-electron chi connectivity index (χ0n) is 20.6. The first-order valence-corrected chi connectivity index (χ1v) is 11.7. The molecule has 0 amide bonds. The van der Waals surface area contributed by atoms with Crippen molar-refractivity contribution in [1.82, 2.24) is 25.1 Å². The summed E-state index contributed by atoms with van der Waals surface area (Å²) in [6, 6.07) is 6.08. The van der Waals surface area contributed by atoms with Crippen molar-refractivity contribution >= 4 is 52.9 Å². The number of carbonyl (C=O) groups is 1. The maximum atomic E-state index is 12.4. The summed E-state index contributed by atoms with van der Waals surface area (Å²) in [7, 11) is 3.65. The third kappa shape index (κ3) is 5.69. The molecule has 1 aliphatic rings. The van der Waals surface area contributed by atoms with Gasteiger partial charge in [0.05, 0.1) is 47.7 Å². The summed E-state index contributed by atoms with van der Waals surface area (Å²) in [6.07, 6.45) is 7.59. The number of fused-ring (bicyclic) bond motifs is 1. The molecule has 0 radical (unpaired) electrons. The molecule has 11 nitrogen and oxygen atoms in total. The molecular formula is C25H31N9O2. The van der Waals surface area contributed by atoms with Gasteiger partial charge in [0.15, 0.2) is 6.29 Å². The molecule has 0 aliphatic carbocycles. The SMILES string of the molecule is C=N/C=C\C=N/CCN/C(=C(/C=O)c1nc2ccc(N3CCOCC3)cc2[nH]1)c1nn(C)cc1NC. The van der Waals surface area contributed by atoms with Gasteiger partial charge in [0.2, 0.25) is 0 Å². The molecule has 36 heavy (non-hydrogen) atoms. The minimum atomic E-state index is 0.383. The van der Waals surface area contributed by atoms with Crippen LogP contribution in [0.3, 0.4) is 0 Å². The van der Waals surface area contributed by atoms with Gasteiger partial charge in [-0.25, -0.2) is 4.98 Å². The molecule has 3 aromatic rings. The molecule has 0 unspecified atom stereocenters. The zero-order valence-corrected chi connectivity index (χ0v) is 20.6. The number of aliphatic imine (C=N–C) groups is 2. The van der Waals surface area contributed by atoms with Crippen LogP contribution in [0.15, 0.2) is 46.7 Å². The molecule has 0 spiro atoms. The number of hydrogen-bond donors (Lipinski definition) is 3. The Morgan fingerprint density at radius 2 is 2.17 bits per heavy atom. The van der Waals surface area contributed by atoms with Gasteiger partial charge in [-0.05, 0) is 31.0 Å². The summed E-state index contributed by atoms with van der Waals surface area (Å²) < 4.78 is 7.17. The highest BCUT2D eigenvalue weighted by atomic mass is 16.5. The van der Waals surface area contributed by atoms with Crippen LogP contribution in [0.4, 0.5) is 11.4 Å². The maximum absolute atomic E-state index is 12.4. The van der Waals surface area contributed by atoms with Crippen molar-refractivity contribution in [2.45, 2.75) is 0 Å². The molecule has 1 aliphatic heterocycles. The van der Waals surface area contributed by atoms with E-state index in [9.17, 15) is 4.79 Å². The largest absolute Gasteiger partial charge is 0.385 e. The fourth-order valence-corrected chi connectivity index (χ4v) is 4.02. The van der Waals surface area contributed by atoms with Crippen LogP contribution in [0, 0.1) is 0 Å². The predicted molar refractivity (Wildman–Crippen MR) is 145 cm³/mol. The number of ether oxygens (including phenoxy) is 1. The number of imidazole rings is 1. The summed E-state index contributed by atoms with van der Waals surface area (Å²) in [5.41, 5.74) is 5.09. The van der Waals surface area contributed by atoms with E-state index in [1.807, 2.05) is 32.4 Å². The molecule has 1 aromatic carbocycles. The second kappa shape index (κ2) is 11.9. The number of H-pyrrole nitrogens is 1. The number of nitrogens with zero attached hydrogens (tertiary/aromatic N) is 6. The number of morpholine rings is 1. The third-order valence-electron chi connectivity index (χ3n) is 5.74. The van der Waals surface area contributed by atoms with E-state index < -0.39 is 0 Å². The van der Waals surface area contributed by atoms with E-state index in [-0.39, 0.29) is 0 Å². The molecule has 0 saturated carbocycles. The van der Waals surface area contributed by atoms with E-state index in [0.717, 1.165) is 41.8 Å². The van der Waals surface area contributed by atoms with Crippen LogP contribution >= 0.6 is 0 Å². The summed E-state index contributed by atoms with van der Waals surface area (Å²) >= 11 is 0. The van der Waals surface area contributed by atoms with E-state index in [2.05, 4.69) is 48.4 Å². The number of aromatic amines is 1. The number of anilines is 2. The lowest BCUT2D eigenvalue weighted by molar-refractivity contribution is -0.103. The first-order valence-electron chi connectivity index (χ1n) is 11.7. The predicted octanol–water partition coefficient (Wildman–Crippen LogP) is 2.12. The maximum Gasteiger partial charge on any atom is 0.155 e. The molecule has 4 rings (SSSR count).